The predicted octanol–water partition coefficient (Wildman–Crippen LogP) is 2.98. The molecule has 24 heavy (non-hydrogen) atoms. The van der Waals surface area contributed by atoms with Crippen LogP contribution in [0, 0.1) is 0 Å². The van der Waals surface area contributed by atoms with Crippen LogP contribution in [0.2, 0.25) is 0 Å². The highest BCUT2D eigenvalue weighted by Gasteiger charge is 2.10. The summed E-state index contributed by atoms with van der Waals surface area (Å²) in [5.74, 6) is 0.684. The van der Waals surface area contributed by atoms with Gasteiger partial charge in [0.05, 0.1) is 12.8 Å². The molecule has 1 aromatic carbocycles. The number of hydrogen-bond acceptors (Lipinski definition) is 5. The van der Waals surface area contributed by atoms with Crippen molar-refractivity contribution in [2.24, 2.45) is 0 Å². The van der Waals surface area contributed by atoms with Gasteiger partial charge in [-0.15, -0.1) is 0 Å². The van der Waals surface area contributed by atoms with E-state index < -0.39 is 5.63 Å². The second-order valence-electron chi connectivity index (χ2n) is 5.73. The van der Waals surface area contributed by atoms with Crippen LogP contribution in [0.5, 0.6) is 0 Å². The lowest BCUT2D eigenvalue weighted by atomic mass is 10.1. The molecule has 0 aliphatic heterocycles. The second-order valence-corrected chi connectivity index (χ2v) is 5.73. The zero-order valence-electron chi connectivity index (χ0n) is 13.5. The Labute approximate surface area is 138 Å². The summed E-state index contributed by atoms with van der Waals surface area (Å²) in [7, 11) is 1.95. The Balaban J connectivity index is 1.89. The fourth-order valence-corrected chi connectivity index (χ4v) is 2.66. The lowest BCUT2D eigenvalue weighted by molar-refractivity contribution is -0.114. The molecule has 6 nitrogen and oxygen atoms in total. The minimum absolute atomic E-state index is 0.175. The average molecular weight is 326 g/mol. The van der Waals surface area contributed by atoms with Gasteiger partial charge < -0.3 is 14.2 Å². The summed E-state index contributed by atoms with van der Waals surface area (Å²) < 4.78 is 10.6. The Hall–Kier alpha value is -2.86. The van der Waals surface area contributed by atoms with Crippen LogP contribution in [-0.4, -0.2) is 17.9 Å². The maximum absolute atomic E-state index is 11.8. The largest absolute Gasteiger partial charge is 0.468 e. The van der Waals surface area contributed by atoms with Crippen molar-refractivity contribution in [3.8, 4) is 0 Å². The van der Waals surface area contributed by atoms with Crippen molar-refractivity contribution in [3.63, 3.8) is 0 Å². The molecular weight excluding hydrogens is 308 g/mol. The lowest BCUT2D eigenvalue weighted by Gasteiger charge is -2.16. The van der Waals surface area contributed by atoms with Crippen LogP contribution in [0.15, 0.2) is 56.3 Å². The van der Waals surface area contributed by atoms with Crippen LogP contribution in [0.25, 0.3) is 11.0 Å². The van der Waals surface area contributed by atoms with Gasteiger partial charge in [0.15, 0.2) is 0 Å². The number of fused-ring (bicyclic) bond motifs is 1. The van der Waals surface area contributed by atoms with Crippen LogP contribution in [0.3, 0.4) is 0 Å². The summed E-state index contributed by atoms with van der Waals surface area (Å²) >= 11 is 0. The molecule has 124 valence electrons. The van der Waals surface area contributed by atoms with Gasteiger partial charge in [-0.05, 0) is 36.9 Å². The number of furan rings is 1. The summed E-state index contributed by atoms with van der Waals surface area (Å²) in [5.41, 5.74) is 1.50. The Morgan fingerprint density at radius 3 is 2.75 bits per heavy atom. The first-order valence-electron chi connectivity index (χ1n) is 7.56. The van der Waals surface area contributed by atoms with Crippen LogP contribution >= 0.6 is 0 Å². The highest BCUT2D eigenvalue weighted by atomic mass is 16.4. The molecule has 0 atom stereocenters. The third-order valence-corrected chi connectivity index (χ3v) is 3.60. The van der Waals surface area contributed by atoms with E-state index in [0.717, 1.165) is 16.7 Å². The van der Waals surface area contributed by atoms with Crippen molar-refractivity contribution < 1.29 is 13.6 Å². The van der Waals surface area contributed by atoms with Crippen molar-refractivity contribution in [1.82, 2.24) is 4.90 Å². The van der Waals surface area contributed by atoms with Gasteiger partial charge in [0.2, 0.25) is 5.91 Å². The first kappa shape index (κ1) is 16.0. The number of nitrogens with one attached hydrogen (secondary N) is 1. The maximum Gasteiger partial charge on any atom is 0.336 e. The summed E-state index contributed by atoms with van der Waals surface area (Å²) in [5, 5.41) is 3.53. The van der Waals surface area contributed by atoms with Crippen molar-refractivity contribution >= 4 is 22.6 Å². The number of anilines is 1. The zero-order valence-corrected chi connectivity index (χ0v) is 13.5. The normalized spacial score (nSPS) is 11.1. The molecular formula is C18H18N2O4. The summed E-state index contributed by atoms with van der Waals surface area (Å²) in [6.07, 6.45) is 1.64. The number of nitrogens with zero attached hydrogens (tertiary/aromatic N) is 1. The number of benzene rings is 1. The van der Waals surface area contributed by atoms with Crippen LogP contribution in [-0.2, 0) is 17.9 Å². The van der Waals surface area contributed by atoms with Crippen molar-refractivity contribution in [3.05, 3.63) is 64.4 Å². The molecule has 2 aromatic heterocycles. The minimum Gasteiger partial charge on any atom is -0.468 e. The smallest absolute Gasteiger partial charge is 0.336 e. The van der Waals surface area contributed by atoms with E-state index >= 15 is 0 Å². The molecule has 0 aliphatic carbocycles. The summed E-state index contributed by atoms with van der Waals surface area (Å²) in [6, 6.07) is 10.6. The fraction of sp³-hybridized carbons (Fsp3) is 0.222. The van der Waals surface area contributed by atoms with Crippen molar-refractivity contribution in [2.45, 2.75) is 20.0 Å². The highest BCUT2D eigenvalue weighted by Crippen LogP contribution is 2.22. The number of rotatable bonds is 5. The minimum atomic E-state index is -0.413. The first-order chi connectivity index (χ1) is 11.5. The number of hydrogen-bond donors (Lipinski definition) is 1. The highest BCUT2D eigenvalue weighted by molar-refractivity contribution is 5.92. The fourth-order valence-electron chi connectivity index (χ4n) is 2.66. The van der Waals surface area contributed by atoms with E-state index in [9.17, 15) is 9.59 Å². The summed E-state index contributed by atoms with van der Waals surface area (Å²) in [4.78, 5) is 25.1. The molecule has 0 saturated heterocycles. The average Bonchev–Trinajstić information content (AvgIpc) is 2.98. The molecule has 3 aromatic rings. The van der Waals surface area contributed by atoms with E-state index in [1.165, 1.54) is 13.0 Å². The van der Waals surface area contributed by atoms with Crippen molar-refractivity contribution in [2.75, 3.05) is 12.4 Å². The Kier molecular flexibility index (Phi) is 4.48. The lowest BCUT2D eigenvalue weighted by Crippen LogP contribution is -2.18. The Bertz CT molecular complexity index is 912. The van der Waals surface area contributed by atoms with E-state index in [1.807, 2.05) is 25.2 Å². The number of amides is 1. The molecule has 0 bridgehead atoms. The second kappa shape index (κ2) is 6.72. The van der Waals surface area contributed by atoms with E-state index in [4.69, 9.17) is 8.83 Å². The van der Waals surface area contributed by atoms with E-state index in [2.05, 4.69) is 10.2 Å². The van der Waals surface area contributed by atoms with Gasteiger partial charge in [-0.1, -0.05) is 0 Å². The van der Waals surface area contributed by atoms with Gasteiger partial charge in [0.25, 0.3) is 0 Å². The number of carbonyl (C=O) groups is 1. The quantitative estimate of drug-likeness (QED) is 0.730. The van der Waals surface area contributed by atoms with E-state index in [1.54, 1.807) is 18.4 Å². The van der Waals surface area contributed by atoms with Crippen LogP contribution in [0.4, 0.5) is 5.69 Å². The zero-order chi connectivity index (χ0) is 17.1. The molecule has 0 unspecified atom stereocenters. The maximum atomic E-state index is 11.8. The molecule has 2 heterocycles. The molecule has 1 amide bonds. The molecule has 0 fully saturated rings. The molecule has 1 N–H and O–H groups in total. The third kappa shape index (κ3) is 3.72. The van der Waals surface area contributed by atoms with E-state index in [-0.39, 0.29) is 5.91 Å². The van der Waals surface area contributed by atoms with Crippen molar-refractivity contribution in [1.29, 1.82) is 0 Å². The van der Waals surface area contributed by atoms with Gasteiger partial charge in [-0.3, -0.25) is 9.69 Å². The van der Waals surface area contributed by atoms with Gasteiger partial charge in [0.1, 0.15) is 11.3 Å². The summed E-state index contributed by atoms with van der Waals surface area (Å²) in [6.45, 7) is 2.64. The molecule has 3 rings (SSSR count). The first-order valence-corrected chi connectivity index (χ1v) is 7.56. The number of carbonyl (C=O) groups excluding carboxylic acids is 1. The molecule has 6 heteroatoms. The standard InChI is InChI=1S/C18H18N2O4/c1-12(21)19-14-5-6-16-13(8-18(22)24-17(16)9-14)10-20(2)11-15-4-3-7-23-15/h3-9H,10-11H2,1-2H3,(H,19,21). The SMILES string of the molecule is CC(=O)Nc1ccc2c(CN(C)Cc3ccco3)cc(=O)oc2c1. The van der Waals surface area contributed by atoms with Crippen LogP contribution in [0.1, 0.15) is 18.2 Å². The van der Waals surface area contributed by atoms with Gasteiger partial charge in [-0.2, -0.15) is 0 Å². The van der Waals surface area contributed by atoms with Gasteiger partial charge in [-0.25, -0.2) is 4.79 Å². The van der Waals surface area contributed by atoms with Gasteiger partial charge >= 0.3 is 5.63 Å². The molecule has 0 spiro atoms. The monoisotopic (exact) mass is 326 g/mol. The Morgan fingerprint density at radius 1 is 1.21 bits per heavy atom. The van der Waals surface area contributed by atoms with E-state index in [0.29, 0.717) is 24.4 Å². The molecule has 0 aliphatic rings. The predicted molar refractivity (Wildman–Crippen MR) is 90.7 cm³/mol. The van der Waals surface area contributed by atoms with Gasteiger partial charge in [0, 0.05) is 36.7 Å². The third-order valence-electron chi connectivity index (χ3n) is 3.60. The molecule has 0 saturated carbocycles. The van der Waals surface area contributed by atoms with Crippen LogP contribution < -0.4 is 10.9 Å². The molecule has 0 radical (unpaired) electrons. The topological polar surface area (TPSA) is 75.7 Å². The Morgan fingerprint density at radius 2 is 2.04 bits per heavy atom.